The summed E-state index contributed by atoms with van der Waals surface area (Å²) in [5.41, 5.74) is 1.08. The molecule has 0 atom stereocenters. The molecule has 0 saturated carbocycles. The highest BCUT2D eigenvalue weighted by molar-refractivity contribution is 5.91. The fraction of sp³-hybridized carbons (Fsp3) is 0.300. The standard InChI is InChI=1S/C20H23NO4/c1-20(2,3)21-18(22)14-25-19(23)16-9-11-17(12-10-16)24-13-15-7-5-4-6-8-15/h4-12H,13-14H2,1-3H3,(H,21,22). The fourth-order valence-corrected chi connectivity index (χ4v) is 2.10. The van der Waals surface area contributed by atoms with E-state index in [1.807, 2.05) is 51.1 Å². The van der Waals surface area contributed by atoms with Crippen LogP contribution >= 0.6 is 0 Å². The van der Waals surface area contributed by atoms with E-state index >= 15 is 0 Å². The van der Waals surface area contributed by atoms with E-state index in [0.717, 1.165) is 5.56 Å². The lowest BCUT2D eigenvalue weighted by molar-refractivity contribution is -0.125. The summed E-state index contributed by atoms with van der Waals surface area (Å²) in [4.78, 5) is 23.6. The zero-order valence-electron chi connectivity index (χ0n) is 14.7. The number of ether oxygens (including phenoxy) is 2. The van der Waals surface area contributed by atoms with E-state index in [-0.39, 0.29) is 18.1 Å². The lowest BCUT2D eigenvalue weighted by Gasteiger charge is -2.20. The minimum Gasteiger partial charge on any atom is -0.489 e. The predicted octanol–water partition coefficient (Wildman–Crippen LogP) is 3.34. The Morgan fingerprint density at radius 2 is 1.60 bits per heavy atom. The number of carbonyl (C=O) groups excluding carboxylic acids is 2. The van der Waals surface area contributed by atoms with Crippen LogP contribution in [0.2, 0.25) is 0 Å². The fourth-order valence-electron chi connectivity index (χ4n) is 2.10. The summed E-state index contributed by atoms with van der Waals surface area (Å²) < 4.78 is 10.7. The van der Waals surface area contributed by atoms with Crippen LogP contribution in [0, 0.1) is 0 Å². The zero-order valence-corrected chi connectivity index (χ0v) is 14.7. The molecule has 5 heteroatoms. The Kier molecular flexibility index (Phi) is 6.17. The van der Waals surface area contributed by atoms with Crippen LogP contribution < -0.4 is 10.1 Å². The monoisotopic (exact) mass is 341 g/mol. The first-order chi connectivity index (χ1) is 11.8. The molecular weight excluding hydrogens is 318 g/mol. The molecule has 0 aliphatic rings. The van der Waals surface area contributed by atoms with Crippen molar-refractivity contribution in [1.29, 1.82) is 0 Å². The molecule has 2 aromatic carbocycles. The molecule has 0 aromatic heterocycles. The number of amides is 1. The third-order valence-corrected chi connectivity index (χ3v) is 3.19. The largest absolute Gasteiger partial charge is 0.489 e. The van der Waals surface area contributed by atoms with Gasteiger partial charge in [0.05, 0.1) is 5.56 Å². The molecule has 0 unspecified atom stereocenters. The zero-order chi connectivity index (χ0) is 18.3. The second-order valence-electron chi connectivity index (χ2n) is 6.67. The summed E-state index contributed by atoms with van der Waals surface area (Å²) in [6.45, 7) is 5.74. The van der Waals surface area contributed by atoms with Crippen molar-refractivity contribution in [2.45, 2.75) is 32.9 Å². The molecule has 0 fully saturated rings. The van der Waals surface area contributed by atoms with Crippen LogP contribution in [0.5, 0.6) is 5.75 Å². The van der Waals surface area contributed by atoms with Crippen molar-refractivity contribution < 1.29 is 19.1 Å². The van der Waals surface area contributed by atoms with Gasteiger partial charge in [-0.1, -0.05) is 30.3 Å². The molecule has 0 heterocycles. The average molecular weight is 341 g/mol. The lowest BCUT2D eigenvalue weighted by Crippen LogP contribution is -2.42. The topological polar surface area (TPSA) is 64.6 Å². The molecule has 132 valence electrons. The molecule has 0 aliphatic carbocycles. The number of hydrogen-bond acceptors (Lipinski definition) is 4. The Balaban J connectivity index is 1.82. The molecule has 0 aliphatic heterocycles. The molecular formula is C20H23NO4. The van der Waals surface area contributed by atoms with Gasteiger partial charge in [-0.05, 0) is 50.6 Å². The van der Waals surface area contributed by atoms with E-state index in [0.29, 0.717) is 17.9 Å². The Bertz CT molecular complexity index is 703. The minimum absolute atomic E-state index is 0.303. The molecule has 0 radical (unpaired) electrons. The van der Waals surface area contributed by atoms with Crippen molar-refractivity contribution in [2.24, 2.45) is 0 Å². The minimum atomic E-state index is -0.543. The normalized spacial score (nSPS) is 10.8. The molecule has 5 nitrogen and oxygen atoms in total. The lowest BCUT2D eigenvalue weighted by atomic mass is 10.1. The van der Waals surface area contributed by atoms with E-state index in [1.54, 1.807) is 24.3 Å². The van der Waals surface area contributed by atoms with Crippen LogP contribution in [0.15, 0.2) is 54.6 Å². The first kappa shape index (κ1) is 18.5. The Morgan fingerprint density at radius 3 is 2.20 bits per heavy atom. The van der Waals surface area contributed by atoms with E-state index in [1.165, 1.54) is 0 Å². The van der Waals surface area contributed by atoms with E-state index in [2.05, 4.69) is 5.32 Å². The van der Waals surface area contributed by atoms with Gasteiger partial charge in [0, 0.05) is 5.54 Å². The Morgan fingerprint density at radius 1 is 0.960 bits per heavy atom. The number of hydrogen-bond donors (Lipinski definition) is 1. The molecule has 1 amide bonds. The quantitative estimate of drug-likeness (QED) is 0.819. The summed E-state index contributed by atoms with van der Waals surface area (Å²) in [6.07, 6.45) is 0. The number of nitrogens with one attached hydrogen (secondary N) is 1. The van der Waals surface area contributed by atoms with Crippen LogP contribution in [-0.4, -0.2) is 24.0 Å². The number of carbonyl (C=O) groups is 2. The highest BCUT2D eigenvalue weighted by atomic mass is 16.5. The van der Waals surface area contributed by atoms with Crippen LogP contribution in [-0.2, 0) is 16.1 Å². The summed E-state index contributed by atoms with van der Waals surface area (Å²) in [5, 5.41) is 2.73. The van der Waals surface area contributed by atoms with Gasteiger partial charge in [-0.25, -0.2) is 4.79 Å². The van der Waals surface area contributed by atoms with E-state index in [9.17, 15) is 9.59 Å². The van der Waals surface area contributed by atoms with Crippen molar-refractivity contribution in [1.82, 2.24) is 5.32 Å². The maximum Gasteiger partial charge on any atom is 0.338 e. The van der Waals surface area contributed by atoms with Gasteiger partial charge in [0.1, 0.15) is 12.4 Å². The highest BCUT2D eigenvalue weighted by Gasteiger charge is 2.16. The van der Waals surface area contributed by atoms with Crippen molar-refractivity contribution in [3.05, 3.63) is 65.7 Å². The second-order valence-corrected chi connectivity index (χ2v) is 6.67. The third kappa shape index (κ3) is 6.67. The van der Waals surface area contributed by atoms with Crippen molar-refractivity contribution in [3.8, 4) is 5.75 Å². The van der Waals surface area contributed by atoms with Crippen LogP contribution in [0.25, 0.3) is 0 Å². The van der Waals surface area contributed by atoms with E-state index < -0.39 is 5.97 Å². The van der Waals surface area contributed by atoms with Crippen molar-refractivity contribution in [2.75, 3.05) is 6.61 Å². The number of esters is 1. The van der Waals surface area contributed by atoms with Gasteiger partial charge in [-0.3, -0.25) is 4.79 Å². The Labute approximate surface area is 148 Å². The number of rotatable bonds is 6. The summed E-state index contributed by atoms with van der Waals surface area (Å²) in [7, 11) is 0. The van der Waals surface area contributed by atoms with Crippen molar-refractivity contribution >= 4 is 11.9 Å². The molecule has 0 bridgehead atoms. The van der Waals surface area contributed by atoms with Gasteiger partial charge in [0.25, 0.3) is 5.91 Å². The van der Waals surface area contributed by atoms with Gasteiger partial charge in [-0.2, -0.15) is 0 Å². The molecule has 0 saturated heterocycles. The number of benzene rings is 2. The van der Waals surface area contributed by atoms with Gasteiger partial charge >= 0.3 is 5.97 Å². The van der Waals surface area contributed by atoms with Crippen LogP contribution in [0.4, 0.5) is 0 Å². The summed E-state index contributed by atoms with van der Waals surface area (Å²) in [6, 6.07) is 16.5. The molecule has 0 spiro atoms. The van der Waals surface area contributed by atoms with Crippen LogP contribution in [0.1, 0.15) is 36.7 Å². The molecule has 2 rings (SSSR count). The maximum atomic E-state index is 12.0. The second kappa shape index (κ2) is 8.33. The Hall–Kier alpha value is -2.82. The summed E-state index contributed by atoms with van der Waals surface area (Å²) >= 11 is 0. The van der Waals surface area contributed by atoms with Crippen LogP contribution in [0.3, 0.4) is 0 Å². The van der Waals surface area contributed by atoms with Gasteiger partial charge in [0.15, 0.2) is 6.61 Å². The first-order valence-electron chi connectivity index (χ1n) is 8.08. The van der Waals surface area contributed by atoms with E-state index in [4.69, 9.17) is 9.47 Å². The predicted molar refractivity (Wildman–Crippen MR) is 95.4 cm³/mol. The molecule has 2 aromatic rings. The summed E-state index contributed by atoms with van der Waals surface area (Å²) in [5.74, 6) is -0.215. The smallest absolute Gasteiger partial charge is 0.338 e. The molecule has 1 N–H and O–H groups in total. The first-order valence-corrected chi connectivity index (χ1v) is 8.08. The maximum absolute atomic E-state index is 12.0. The van der Waals surface area contributed by atoms with Gasteiger partial charge < -0.3 is 14.8 Å². The highest BCUT2D eigenvalue weighted by Crippen LogP contribution is 2.15. The van der Waals surface area contributed by atoms with Gasteiger partial charge in [0.2, 0.25) is 0 Å². The third-order valence-electron chi connectivity index (χ3n) is 3.19. The average Bonchev–Trinajstić information content (AvgIpc) is 2.58. The molecule has 25 heavy (non-hydrogen) atoms. The van der Waals surface area contributed by atoms with Gasteiger partial charge in [-0.15, -0.1) is 0 Å². The SMILES string of the molecule is CC(C)(C)NC(=O)COC(=O)c1ccc(OCc2ccccc2)cc1. The van der Waals surface area contributed by atoms with Crippen molar-refractivity contribution in [3.63, 3.8) is 0 Å².